The quantitative estimate of drug-likeness (QED) is 0.660. The fourth-order valence-corrected chi connectivity index (χ4v) is 2.44. The van der Waals surface area contributed by atoms with Gasteiger partial charge in [-0.1, -0.05) is 13.8 Å². The number of carboxylic acids is 1. The van der Waals surface area contributed by atoms with Crippen LogP contribution in [-0.4, -0.2) is 34.7 Å². The summed E-state index contributed by atoms with van der Waals surface area (Å²) in [6.07, 6.45) is 1.82. The molecule has 5 nitrogen and oxygen atoms in total. The van der Waals surface area contributed by atoms with Crippen LogP contribution in [0.3, 0.4) is 0 Å². The number of aliphatic carboxylic acids is 1. The lowest BCUT2D eigenvalue weighted by molar-refractivity contribution is -0.146. The van der Waals surface area contributed by atoms with Crippen LogP contribution in [0.4, 0.5) is 0 Å². The maximum atomic E-state index is 11.9. The van der Waals surface area contributed by atoms with E-state index in [-0.39, 0.29) is 24.5 Å². The molecule has 0 aromatic heterocycles. The van der Waals surface area contributed by atoms with E-state index >= 15 is 0 Å². The zero-order valence-corrected chi connectivity index (χ0v) is 10.3. The first-order chi connectivity index (χ1) is 7.99. The van der Waals surface area contributed by atoms with Gasteiger partial charge in [0, 0.05) is 0 Å². The van der Waals surface area contributed by atoms with E-state index in [0.29, 0.717) is 19.3 Å². The Balaban J connectivity index is 2.64. The Bertz CT molecular complexity index is 288. The number of carbonyl (C=O) groups is 2. The number of rotatable bonds is 5. The number of nitrogens with one attached hydrogen (secondary N) is 1. The molecule has 98 valence electrons. The molecular formula is C12H21NO4. The van der Waals surface area contributed by atoms with Crippen molar-refractivity contribution in [3.8, 4) is 0 Å². The molecular weight excluding hydrogens is 222 g/mol. The summed E-state index contributed by atoms with van der Waals surface area (Å²) in [5.41, 5.74) is 0. The maximum absolute atomic E-state index is 11.9. The van der Waals surface area contributed by atoms with Gasteiger partial charge in [-0.15, -0.1) is 0 Å². The van der Waals surface area contributed by atoms with E-state index in [9.17, 15) is 9.59 Å². The number of hydrogen-bond donors (Lipinski definition) is 3. The molecule has 3 N–H and O–H groups in total. The fourth-order valence-electron chi connectivity index (χ4n) is 2.44. The van der Waals surface area contributed by atoms with Crippen LogP contribution in [0.15, 0.2) is 0 Å². The van der Waals surface area contributed by atoms with Crippen molar-refractivity contribution in [2.45, 2.75) is 39.2 Å². The summed E-state index contributed by atoms with van der Waals surface area (Å²) in [5.74, 6) is -1.90. The zero-order chi connectivity index (χ0) is 13.0. The number of carbonyl (C=O) groups excluding carboxylic acids is 1. The largest absolute Gasteiger partial charge is 0.481 e. The zero-order valence-electron chi connectivity index (χ0n) is 10.3. The minimum absolute atomic E-state index is 0.109. The second kappa shape index (κ2) is 6.00. The van der Waals surface area contributed by atoms with Crippen molar-refractivity contribution >= 4 is 11.9 Å². The Hall–Kier alpha value is -1.10. The highest BCUT2D eigenvalue weighted by Crippen LogP contribution is 2.36. The van der Waals surface area contributed by atoms with Gasteiger partial charge in [-0.05, 0) is 25.2 Å². The lowest BCUT2D eigenvalue weighted by Gasteiger charge is -2.20. The molecule has 5 heteroatoms. The first-order valence-corrected chi connectivity index (χ1v) is 6.13. The van der Waals surface area contributed by atoms with Gasteiger partial charge in [-0.2, -0.15) is 0 Å². The molecule has 0 radical (unpaired) electrons. The van der Waals surface area contributed by atoms with Gasteiger partial charge in [-0.25, -0.2) is 0 Å². The molecule has 1 saturated carbocycles. The summed E-state index contributed by atoms with van der Waals surface area (Å²) in [7, 11) is 0. The predicted octanol–water partition coefficient (Wildman–Crippen LogP) is 0.620. The number of aliphatic hydroxyl groups is 1. The first-order valence-electron chi connectivity index (χ1n) is 6.13. The summed E-state index contributed by atoms with van der Waals surface area (Å²) in [6, 6.07) is -0.271. The minimum atomic E-state index is -0.897. The third kappa shape index (κ3) is 3.43. The van der Waals surface area contributed by atoms with Crippen molar-refractivity contribution in [2.75, 3.05) is 6.61 Å². The third-order valence-corrected chi connectivity index (χ3v) is 3.51. The SMILES string of the molecule is CCC(CO)NC(=O)[C@H]1CC(C)C[C@H]1C(=O)O. The highest BCUT2D eigenvalue weighted by molar-refractivity contribution is 5.85. The molecule has 0 aromatic carbocycles. The molecule has 0 bridgehead atoms. The van der Waals surface area contributed by atoms with Crippen LogP contribution < -0.4 is 5.32 Å². The Morgan fingerprint density at radius 3 is 2.41 bits per heavy atom. The molecule has 1 aliphatic carbocycles. The smallest absolute Gasteiger partial charge is 0.307 e. The summed E-state index contributed by atoms with van der Waals surface area (Å²) in [4.78, 5) is 23.0. The van der Waals surface area contributed by atoms with Gasteiger partial charge in [-0.3, -0.25) is 9.59 Å². The average molecular weight is 243 g/mol. The summed E-state index contributed by atoms with van der Waals surface area (Å²) < 4.78 is 0. The third-order valence-electron chi connectivity index (χ3n) is 3.51. The van der Waals surface area contributed by atoms with Crippen LogP contribution in [-0.2, 0) is 9.59 Å². The van der Waals surface area contributed by atoms with E-state index in [2.05, 4.69) is 5.32 Å². The van der Waals surface area contributed by atoms with Gasteiger partial charge < -0.3 is 15.5 Å². The van der Waals surface area contributed by atoms with Crippen molar-refractivity contribution in [2.24, 2.45) is 17.8 Å². The average Bonchev–Trinajstić information content (AvgIpc) is 2.68. The van der Waals surface area contributed by atoms with Crippen LogP contribution in [0, 0.1) is 17.8 Å². The van der Waals surface area contributed by atoms with Crippen LogP contribution in [0.2, 0.25) is 0 Å². The standard InChI is InChI=1S/C12H21NO4/c1-3-8(6-14)13-11(15)9-4-7(2)5-10(9)12(16)17/h7-10,14H,3-6H2,1-2H3,(H,13,15)(H,16,17)/t7?,8?,9-,10+/m0/s1. The van der Waals surface area contributed by atoms with Crippen molar-refractivity contribution in [1.82, 2.24) is 5.32 Å². The Morgan fingerprint density at radius 2 is 1.94 bits per heavy atom. The van der Waals surface area contributed by atoms with Crippen molar-refractivity contribution in [3.05, 3.63) is 0 Å². The molecule has 17 heavy (non-hydrogen) atoms. The molecule has 0 aliphatic heterocycles. The Kier molecular flexibility index (Phi) is 4.93. The highest BCUT2D eigenvalue weighted by Gasteiger charge is 2.41. The van der Waals surface area contributed by atoms with Crippen LogP contribution in [0.25, 0.3) is 0 Å². The molecule has 1 rings (SSSR count). The highest BCUT2D eigenvalue weighted by atomic mass is 16.4. The maximum Gasteiger partial charge on any atom is 0.307 e. The molecule has 1 aliphatic rings. The Morgan fingerprint density at radius 1 is 1.35 bits per heavy atom. The molecule has 1 amide bonds. The lowest BCUT2D eigenvalue weighted by Crippen LogP contribution is -2.42. The van der Waals surface area contributed by atoms with Gasteiger partial charge in [0.2, 0.25) is 5.91 Å². The predicted molar refractivity (Wildman–Crippen MR) is 62.3 cm³/mol. The van der Waals surface area contributed by atoms with E-state index in [1.54, 1.807) is 0 Å². The normalized spacial score (nSPS) is 29.9. The molecule has 2 unspecified atom stereocenters. The van der Waals surface area contributed by atoms with Crippen molar-refractivity contribution < 1.29 is 19.8 Å². The second-order valence-corrected chi connectivity index (χ2v) is 4.92. The van der Waals surface area contributed by atoms with E-state index in [1.807, 2.05) is 13.8 Å². The molecule has 0 heterocycles. The first kappa shape index (κ1) is 14.0. The number of aliphatic hydroxyl groups excluding tert-OH is 1. The van der Waals surface area contributed by atoms with E-state index in [1.165, 1.54) is 0 Å². The van der Waals surface area contributed by atoms with Gasteiger partial charge >= 0.3 is 5.97 Å². The summed E-state index contributed by atoms with van der Waals surface area (Å²) in [5, 5.41) is 20.8. The number of carboxylic acid groups (broad SMARTS) is 1. The van der Waals surface area contributed by atoms with Crippen LogP contribution >= 0.6 is 0 Å². The van der Waals surface area contributed by atoms with E-state index in [4.69, 9.17) is 10.2 Å². The van der Waals surface area contributed by atoms with Gasteiger partial charge in [0.05, 0.1) is 24.5 Å². The van der Waals surface area contributed by atoms with Gasteiger partial charge in [0.1, 0.15) is 0 Å². The van der Waals surface area contributed by atoms with Gasteiger partial charge in [0.15, 0.2) is 0 Å². The molecule has 0 aromatic rings. The number of amides is 1. The molecule has 4 atom stereocenters. The fraction of sp³-hybridized carbons (Fsp3) is 0.833. The van der Waals surface area contributed by atoms with Crippen molar-refractivity contribution in [3.63, 3.8) is 0 Å². The summed E-state index contributed by atoms with van der Waals surface area (Å²) in [6.45, 7) is 3.72. The van der Waals surface area contributed by atoms with Crippen LogP contribution in [0.1, 0.15) is 33.1 Å². The van der Waals surface area contributed by atoms with E-state index in [0.717, 1.165) is 0 Å². The van der Waals surface area contributed by atoms with E-state index < -0.39 is 17.8 Å². The monoisotopic (exact) mass is 243 g/mol. The van der Waals surface area contributed by atoms with Crippen LogP contribution in [0.5, 0.6) is 0 Å². The Labute approximate surface area is 101 Å². The van der Waals surface area contributed by atoms with Crippen molar-refractivity contribution in [1.29, 1.82) is 0 Å². The minimum Gasteiger partial charge on any atom is -0.481 e. The summed E-state index contributed by atoms with van der Waals surface area (Å²) >= 11 is 0. The topological polar surface area (TPSA) is 86.6 Å². The molecule has 0 saturated heterocycles. The lowest BCUT2D eigenvalue weighted by atomic mass is 9.95. The van der Waals surface area contributed by atoms with Gasteiger partial charge in [0.25, 0.3) is 0 Å². The molecule has 1 fully saturated rings. The second-order valence-electron chi connectivity index (χ2n) is 4.92. The number of hydrogen-bond acceptors (Lipinski definition) is 3. The molecule has 0 spiro atoms.